The van der Waals surface area contributed by atoms with Crippen molar-refractivity contribution in [2.24, 2.45) is 0 Å². The minimum atomic E-state index is -0.255. The van der Waals surface area contributed by atoms with E-state index in [0.717, 1.165) is 21.3 Å². The maximum atomic E-state index is 13.4. The number of nitrogens with one attached hydrogen (secondary N) is 1. The maximum absolute atomic E-state index is 13.4. The summed E-state index contributed by atoms with van der Waals surface area (Å²) in [6.07, 6.45) is 0. The van der Waals surface area contributed by atoms with E-state index in [2.05, 4.69) is 35.1 Å². The molecule has 1 N–H and O–H groups in total. The molecule has 112 valence electrons. The summed E-state index contributed by atoms with van der Waals surface area (Å²) in [6.45, 7) is 6.68. The van der Waals surface area contributed by atoms with Crippen molar-refractivity contribution in [2.45, 2.75) is 33.4 Å². The Labute approximate surface area is 133 Å². The predicted molar refractivity (Wildman–Crippen MR) is 87.3 cm³/mol. The first-order chi connectivity index (χ1) is 9.95. The van der Waals surface area contributed by atoms with Gasteiger partial charge in [0, 0.05) is 22.6 Å². The lowest BCUT2D eigenvalue weighted by atomic mass is 10.1. The van der Waals surface area contributed by atoms with E-state index in [-0.39, 0.29) is 5.82 Å². The monoisotopic (exact) mass is 351 g/mol. The molecule has 0 unspecified atom stereocenters. The molecule has 0 fully saturated rings. The zero-order valence-corrected chi connectivity index (χ0v) is 14.0. The molecule has 0 spiro atoms. The number of rotatable bonds is 5. The van der Waals surface area contributed by atoms with E-state index in [0.29, 0.717) is 18.3 Å². The topological polar surface area (TPSA) is 21.3 Å². The summed E-state index contributed by atoms with van der Waals surface area (Å²) < 4.78 is 20.4. The van der Waals surface area contributed by atoms with Gasteiger partial charge in [-0.25, -0.2) is 4.39 Å². The molecule has 0 aromatic heterocycles. The molecule has 0 radical (unpaired) electrons. The lowest BCUT2D eigenvalue weighted by Gasteiger charge is -2.14. The summed E-state index contributed by atoms with van der Waals surface area (Å²) in [7, 11) is 0. The molecule has 0 aliphatic rings. The summed E-state index contributed by atoms with van der Waals surface area (Å²) in [5.74, 6) is 1.16. The van der Waals surface area contributed by atoms with Crippen molar-refractivity contribution in [3.05, 3.63) is 57.8 Å². The fourth-order valence-electron chi connectivity index (χ4n) is 1.91. The highest BCUT2D eigenvalue weighted by molar-refractivity contribution is 9.10. The van der Waals surface area contributed by atoms with Crippen LogP contribution < -0.4 is 10.1 Å². The normalized spacial score (nSPS) is 11.0. The quantitative estimate of drug-likeness (QED) is 0.800. The third-order valence-corrected chi connectivity index (χ3v) is 3.97. The Bertz CT molecular complexity index is 628. The van der Waals surface area contributed by atoms with Crippen molar-refractivity contribution in [3.8, 4) is 11.5 Å². The van der Waals surface area contributed by atoms with Gasteiger partial charge in [0.25, 0.3) is 0 Å². The Morgan fingerprint density at radius 3 is 2.62 bits per heavy atom. The Morgan fingerprint density at radius 1 is 1.19 bits per heavy atom. The van der Waals surface area contributed by atoms with Crippen LogP contribution in [-0.2, 0) is 6.54 Å². The molecule has 2 aromatic rings. The summed E-state index contributed by atoms with van der Waals surface area (Å²) in [6, 6.07) is 10.7. The zero-order chi connectivity index (χ0) is 15.4. The van der Waals surface area contributed by atoms with Crippen LogP contribution >= 0.6 is 15.9 Å². The van der Waals surface area contributed by atoms with Crippen molar-refractivity contribution in [1.82, 2.24) is 5.32 Å². The molecule has 21 heavy (non-hydrogen) atoms. The molecule has 4 heteroatoms. The summed E-state index contributed by atoms with van der Waals surface area (Å²) in [5, 5.41) is 3.28. The minimum absolute atomic E-state index is 0.255. The van der Waals surface area contributed by atoms with Gasteiger partial charge in [-0.05, 0) is 48.9 Å². The second kappa shape index (κ2) is 7.05. The molecule has 0 heterocycles. The minimum Gasteiger partial charge on any atom is -0.457 e. The largest absolute Gasteiger partial charge is 0.457 e. The number of aryl methyl sites for hydroxylation is 1. The molecule has 2 aromatic carbocycles. The van der Waals surface area contributed by atoms with E-state index in [4.69, 9.17) is 4.74 Å². The van der Waals surface area contributed by atoms with Gasteiger partial charge in [-0.3, -0.25) is 0 Å². The summed E-state index contributed by atoms with van der Waals surface area (Å²) >= 11 is 3.46. The van der Waals surface area contributed by atoms with E-state index in [1.165, 1.54) is 12.1 Å². The van der Waals surface area contributed by atoms with Gasteiger partial charge in [0.2, 0.25) is 0 Å². The van der Waals surface area contributed by atoms with Crippen molar-refractivity contribution in [2.75, 3.05) is 0 Å². The van der Waals surface area contributed by atoms with Crippen LogP contribution in [0.1, 0.15) is 25.0 Å². The fraction of sp³-hybridized carbons (Fsp3) is 0.294. The highest BCUT2D eigenvalue weighted by Gasteiger charge is 2.08. The van der Waals surface area contributed by atoms with E-state index in [9.17, 15) is 4.39 Å². The number of halogens is 2. The molecule has 0 saturated heterocycles. The van der Waals surface area contributed by atoms with Crippen LogP contribution in [0.2, 0.25) is 0 Å². The molecule has 0 saturated carbocycles. The van der Waals surface area contributed by atoms with Crippen LogP contribution in [0.5, 0.6) is 11.5 Å². The average Bonchev–Trinajstić information content (AvgIpc) is 2.43. The Hall–Kier alpha value is -1.39. The second-order valence-electron chi connectivity index (χ2n) is 5.30. The second-order valence-corrected chi connectivity index (χ2v) is 6.16. The third kappa shape index (κ3) is 4.55. The van der Waals surface area contributed by atoms with E-state index in [1.54, 1.807) is 6.07 Å². The zero-order valence-electron chi connectivity index (χ0n) is 12.4. The van der Waals surface area contributed by atoms with Crippen LogP contribution in [0, 0.1) is 12.7 Å². The fourth-order valence-corrected chi connectivity index (χ4v) is 2.15. The van der Waals surface area contributed by atoms with Gasteiger partial charge in [0.05, 0.1) is 0 Å². The number of ether oxygens (including phenoxy) is 1. The smallest absolute Gasteiger partial charge is 0.132 e. The Morgan fingerprint density at radius 2 is 1.95 bits per heavy atom. The van der Waals surface area contributed by atoms with Crippen molar-refractivity contribution >= 4 is 15.9 Å². The van der Waals surface area contributed by atoms with Gasteiger partial charge in [-0.1, -0.05) is 29.8 Å². The Balaban J connectivity index is 2.23. The predicted octanol–water partition coefficient (Wildman–Crippen LogP) is 5.19. The number of hydrogen-bond donors (Lipinski definition) is 1. The lowest BCUT2D eigenvalue weighted by Crippen LogP contribution is -2.22. The molecule has 0 aliphatic heterocycles. The molecule has 0 atom stereocenters. The van der Waals surface area contributed by atoms with E-state index in [1.807, 2.05) is 25.1 Å². The molecule has 0 amide bonds. The van der Waals surface area contributed by atoms with Crippen molar-refractivity contribution in [1.29, 1.82) is 0 Å². The van der Waals surface area contributed by atoms with Crippen molar-refractivity contribution < 1.29 is 9.13 Å². The molecule has 2 nitrogen and oxygen atoms in total. The molecule has 0 aliphatic carbocycles. The Kier molecular flexibility index (Phi) is 5.37. The maximum Gasteiger partial charge on any atom is 0.132 e. The summed E-state index contributed by atoms with van der Waals surface area (Å²) in [5.41, 5.74) is 1.90. The van der Waals surface area contributed by atoms with Crippen LogP contribution in [0.25, 0.3) is 0 Å². The van der Waals surface area contributed by atoms with Crippen LogP contribution in [0.4, 0.5) is 4.39 Å². The van der Waals surface area contributed by atoms with Crippen LogP contribution in [0.3, 0.4) is 0 Å². The highest BCUT2D eigenvalue weighted by Crippen LogP contribution is 2.29. The first-order valence-corrected chi connectivity index (χ1v) is 7.71. The number of benzene rings is 2. The summed E-state index contributed by atoms with van der Waals surface area (Å²) in [4.78, 5) is 0. The molecule has 0 bridgehead atoms. The standard InChI is InChI=1S/C17H19BrFNO/c1-11(2)20-10-13-9-14(19)4-7-17(13)21-15-5-6-16(18)12(3)8-15/h4-9,11,20H,10H2,1-3H3. The first kappa shape index (κ1) is 16.0. The van der Waals surface area contributed by atoms with Gasteiger partial charge in [0.1, 0.15) is 17.3 Å². The van der Waals surface area contributed by atoms with Gasteiger partial charge in [-0.2, -0.15) is 0 Å². The van der Waals surface area contributed by atoms with Gasteiger partial charge >= 0.3 is 0 Å². The lowest BCUT2D eigenvalue weighted by molar-refractivity contribution is 0.466. The molecular weight excluding hydrogens is 333 g/mol. The number of hydrogen-bond acceptors (Lipinski definition) is 2. The third-order valence-electron chi connectivity index (χ3n) is 3.08. The molecular formula is C17H19BrFNO. The van der Waals surface area contributed by atoms with Crippen molar-refractivity contribution in [3.63, 3.8) is 0 Å². The molecule has 2 rings (SSSR count). The van der Waals surface area contributed by atoms with Crippen LogP contribution in [-0.4, -0.2) is 6.04 Å². The van der Waals surface area contributed by atoms with E-state index < -0.39 is 0 Å². The SMILES string of the molecule is Cc1cc(Oc2ccc(F)cc2CNC(C)C)ccc1Br. The van der Waals surface area contributed by atoms with E-state index >= 15 is 0 Å². The first-order valence-electron chi connectivity index (χ1n) is 6.91. The van der Waals surface area contributed by atoms with Gasteiger partial charge < -0.3 is 10.1 Å². The highest BCUT2D eigenvalue weighted by atomic mass is 79.9. The van der Waals surface area contributed by atoms with Crippen LogP contribution in [0.15, 0.2) is 40.9 Å². The van der Waals surface area contributed by atoms with Gasteiger partial charge in [-0.15, -0.1) is 0 Å². The average molecular weight is 352 g/mol. The van der Waals surface area contributed by atoms with Gasteiger partial charge in [0.15, 0.2) is 0 Å².